The van der Waals surface area contributed by atoms with Gasteiger partial charge in [-0.15, -0.1) is 0 Å². The molecule has 1 aromatic heterocycles. The monoisotopic (exact) mass is 272 g/mol. The highest BCUT2D eigenvalue weighted by molar-refractivity contribution is 7.89. The van der Waals surface area contributed by atoms with E-state index in [9.17, 15) is 8.42 Å². The summed E-state index contributed by atoms with van der Waals surface area (Å²) >= 11 is 0. The zero-order chi connectivity index (χ0) is 13.5. The molecule has 18 heavy (non-hydrogen) atoms. The van der Waals surface area contributed by atoms with Gasteiger partial charge in [-0.2, -0.15) is 9.40 Å². The molecule has 0 bridgehead atoms. The molecule has 2 unspecified atom stereocenters. The molecular formula is C11H20N4O2S. The van der Waals surface area contributed by atoms with Crippen LogP contribution in [0.5, 0.6) is 0 Å². The topological polar surface area (TPSA) is 81.2 Å². The summed E-state index contributed by atoms with van der Waals surface area (Å²) in [4.78, 5) is 0.117. The fourth-order valence-corrected chi connectivity index (χ4v) is 4.30. The summed E-state index contributed by atoms with van der Waals surface area (Å²) in [6.45, 7) is 4.59. The van der Waals surface area contributed by atoms with Crippen molar-refractivity contribution in [1.82, 2.24) is 14.1 Å². The Hall–Kier alpha value is -1.08. The normalized spacial score (nSPS) is 26.4. The number of aryl methyl sites for hydroxylation is 1. The number of anilines is 1. The molecule has 1 aliphatic heterocycles. The lowest BCUT2D eigenvalue weighted by atomic mass is 9.94. The number of hydrogen-bond acceptors (Lipinski definition) is 4. The van der Waals surface area contributed by atoms with Crippen LogP contribution in [0.2, 0.25) is 0 Å². The molecule has 0 aromatic carbocycles. The largest absolute Gasteiger partial charge is 0.381 e. The molecule has 0 saturated carbocycles. The van der Waals surface area contributed by atoms with E-state index in [1.54, 1.807) is 11.4 Å². The molecule has 1 saturated heterocycles. The predicted octanol–water partition coefficient (Wildman–Crippen LogP) is 0.811. The van der Waals surface area contributed by atoms with Crippen LogP contribution in [0.1, 0.15) is 26.7 Å². The van der Waals surface area contributed by atoms with Gasteiger partial charge in [0.2, 0.25) is 10.0 Å². The van der Waals surface area contributed by atoms with Gasteiger partial charge in [0.1, 0.15) is 4.90 Å². The van der Waals surface area contributed by atoms with Crippen LogP contribution in [-0.4, -0.2) is 35.1 Å². The fourth-order valence-electron chi connectivity index (χ4n) is 2.45. The number of rotatable bonds is 2. The first-order chi connectivity index (χ1) is 8.34. The highest BCUT2D eigenvalue weighted by Gasteiger charge is 2.36. The van der Waals surface area contributed by atoms with Gasteiger partial charge >= 0.3 is 0 Å². The molecule has 1 aromatic rings. The van der Waals surface area contributed by atoms with Gasteiger partial charge in [-0.3, -0.25) is 4.68 Å². The maximum absolute atomic E-state index is 12.6. The van der Waals surface area contributed by atoms with Crippen LogP contribution in [0.25, 0.3) is 0 Å². The first-order valence-corrected chi connectivity index (χ1v) is 7.59. The average Bonchev–Trinajstić information content (AvgIpc) is 2.62. The molecule has 0 spiro atoms. The molecule has 2 N–H and O–H groups in total. The van der Waals surface area contributed by atoms with Crippen LogP contribution >= 0.6 is 0 Å². The van der Waals surface area contributed by atoms with Gasteiger partial charge in [0.05, 0.1) is 0 Å². The summed E-state index contributed by atoms with van der Waals surface area (Å²) in [5.41, 5.74) is 5.68. The Balaban J connectivity index is 2.39. The maximum atomic E-state index is 12.6. The van der Waals surface area contributed by atoms with Crippen LogP contribution in [0, 0.1) is 5.92 Å². The highest BCUT2D eigenvalue weighted by atomic mass is 32.2. The molecule has 1 aliphatic rings. The standard InChI is InChI=1S/C11H20N4O2S/c1-8-5-4-6-15(9(8)2)18(16,17)10-7-14(3)13-11(10)12/h7-9H,4-6H2,1-3H3,(H2,12,13). The molecule has 0 radical (unpaired) electrons. The highest BCUT2D eigenvalue weighted by Crippen LogP contribution is 2.30. The van der Waals surface area contributed by atoms with Crippen molar-refractivity contribution in [3.05, 3.63) is 6.20 Å². The van der Waals surface area contributed by atoms with Gasteiger partial charge in [-0.1, -0.05) is 6.92 Å². The minimum absolute atomic E-state index is 0.00311. The molecule has 2 rings (SSSR count). The zero-order valence-electron chi connectivity index (χ0n) is 11.0. The molecule has 102 valence electrons. The number of nitrogen functional groups attached to an aromatic ring is 1. The van der Waals surface area contributed by atoms with Crippen molar-refractivity contribution in [2.24, 2.45) is 13.0 Å². The molecule has 1 fully saturated rings. The Morgan fingerprint density at radius 2 is 2.11 bits per heavy atom. The van der Waals surface area contributed by atoms with E-state index in [-0.39, 0.29) is 16.8 Å². The lowest BCUT2D eigenvalue weighted by molar-refractivity contribution is 0.202. The quantitative estimate of drug-likeness (QED) is 0.864. The van der Waals surface area contributed by atoms with Crippen LogP contribution in [0.15, 0.2) is 11.1 Å². The van der Waals surface area contributed by atoms with Crippen LogP contribution in [0.4, 0.5) is 5.82 Å². The van der Waals surface area contributed by atoms with Crippen LogP contribution in [0.3, 0.4) is 0 Å². The second-order valence-electron chi connectivity index (χ2n) is 5.03. The number of hydrogen-bond donors (Lipinski definition) is 1. The third kappa shape index (κ3) is 2.12. The first kappa shape index (κ1) is 13.4. The minimum atomic E-state index is -3.53. The Morgan fingerprint density at radius 3 is 2.67 bits per heavy atom. The van der Waals surface area contributed by atoms with E-state index >= 15 is 0 Å². The number of nitrogens with zero attached hydrogens (tertiary/aromatic N) is 3. The van der Waals surface area contributed by atoms with Crippen molar-refractivity contribution >= 4 is 15.8 Å². The zero-order valence-corrected chi connectivity index (χ0v) is 11.8. The fraction of sp³-hybridized carbons (Fsp3) is 0.727. The lowest BCUT2D eigenvalue weighted by Gasteiger charge is -2.36. The van der Waals surface area contributed by atoms with Crippen molar-refractivity contribution in [1.29, 1.82) is 0 Å². The second kappa shape index (κ2) is 4.55. The molecule has 2 atom stereocenters. The molecule has 0 aliphatic carbocycles. The SMILES string of the molecule is CC1CCCN(S(=O)(=O)c2cn(C)nc2N)C1C. The molecule has 6 nitrogen and oxygen atoms in total. The summed E-state index contributed by atoms with van der Waals surface area (Å²) in [6, 6.07) is 0.00311. The summed E-state index contributed by atoms with van der Waals surface area (Å²) in [7, 11) is -1.86. The Kier molecular flexibility index (Phi) is 3.37. The van der Waals surface area contributed by atoms with Gasteiger partial charge in [0, 0.05) is 25.8 Å². The average molecular weight is 272 g/mol. The molecule has 0 amide bonds. The van der Waals surface area contributed by atoms with Crippen molar-refractivity contribution in [3.8, 4) is 0 Å². The molecular weight excluding hydrogens is 252 g/mol. The summed E-state index contributed by atoms with van der Waals surface area (Å²) < 4.78 is 28.1. The van der Waals surface area contributed by atoms with E-state index in [0.29, 0.717) is 12.5 Å². The van der Waals surface area contributed by atoms with E-state index < -0.39 is 10.0 Å². The summed E-state index contributed by atoms with van der Waals surface area (Å²) in [6.07, 6.45) is 3.43. The maximum Gasteiger partial charge on any atom is 0.248 e. The Morgan fingerprint density at radius 1 is 1.44 bits per heavy atom. The van der Waals surface area contributed by atoms with Crippen molar-refractivity contribution in [2.45, 2.75) is 37.6 Å². The summed E-state index contributed by atoms with van der Waals surface area (Å²) in [5, 5.41) is 3.90. The van der Waals surface area contributed by atoms with E-state index in [1.165, 1.54) is 10.9 Å². The smallest absolute Gasteiger partial charge is 0.248 e. The van der Waals surface area contributed by atoms with Gasteiger partial charge in [-0.25, -0.2) is 8.42 Å². The summed E-state index contributed by atoms with van der Waals surface area (Å²) in [5.74, 6) is 0.439. The van der Waals surface area contributed by atoms with Crippen molar-refractivity contribution in [2.75, 3.05) is 12.3 Å². The van der Waals surface area contributed by atoms with E-state index in [2.05, 4.69) is 12.0 Å². The molecule has 2 heterocycles. The second-order valence-corrected chi connectivity index (χ2v) is 6.89. The predicted molar refractivity (Wildman–Crippen MR) is 69.4 cm³/mol. The third-order valence-electron chi connectivity index (χ3n) is 3.72. The van der Waals surface area contributed by atoms with Gasteiger partial charge in [0.25, 0.3) is 0 Å². The van der Waals surface area contributed by atoms with E-state index in [1.807, 2.05) is 6.92 Å². The van der Waals surface area contributed by atoms with Crippen molar-refractivity contribution < 1.29 is 8.42 Å². The van der Waals surface area contributed by atoms with Crippen LogP contribution in [-0.2, 0) is 17.1 Å². The van der Waals surface area contributed by atoms with Gasteiger partial charge in [0.15, 0.2) is 5.82 Å². The number of aromatic nitrogens is 2. The minimum Gasteiger partial charge on any atom is -0.381 e. The Labute approximate surface area is 108 Å². The number of sulfonamides is 1. The lowest BCUT2D eigenvalue weighted by Crippen LogP contribution is -2.45. The van der Waals surface area contributed by atoms with Gasteiger partial charge < -0.3 is 5.73 Å². The van der Waals surface area contributed by atoms with Crippen molar-refractivity contribution in [3.63, 3.8) is 0 Å². The third-order valence-corrected chi connectivity index (χ3v) is 5.73. The number of piperidine rings is 1. The van der Waals surface area contributed by atoms with E-state index in [0.717, 1.165) is 12.8 Å². The van der Waals surface area contributed by atoms with Crippen LogP contribution < -0.4 is 5.73 Å². The first-order valence-electron chi connectivity index (χ1n) is 6.15. The van der Waals surface area contributed by atoms with Gasteiger partial charge in [-0.05, 0) is 25.7 Å². The Bertz CT molecular complexity index is 537. The van der Waals surface area contributed by atoms with E-state index in [4.69, 9.17) is 5.73 Å². The molecule has 7 heteroatoms. The number of nitrogens with two attached hydrogens (primary N) is 1.